The lowest BCUT2D eigenvalue weighted by Crippen LogP contribution is -2.40. The zero-order valence-electron chi connectivity index (χ0n) is 14.0. The lowest BCUT2D eigenvalue weighted by Gasteiger charge is -2.30. The van der Waals surface area contributed by atoms with Gasteiger partial charge in [0, 0.05) is 25.7 Å². The quantitative estimate of drug-likeness (QED) is 0.747. The van der Waals surface area contributed by atoms with Crippen LogP contribution in [0, 0.1) is 5.92 Å². The van der Waals surface area contributed by atoms with Gasteiger partial charge in [-0.2, -0.15) is 0 Å². The smallest absolute Gasteiger partial charge is 0.255 e. The molecular formula is C16H26Cl3N3O2. The van der Waals surface area contributed by atoms with Gasteiger partial charge in [-0.05, 0) is 31.4 Å². The van der Waals surface area contributed by atoms with Crippen LogP contribution in [0.2, 0.25) is 5.02 Å². The van der Waals surface area contributed by atoms with E-state index in [2.05, 4.69) is 17.1 Å². The van der Waals surface area contributed by atoms with Crippen LogP contribution in [0.1, 0.15) is 30.1 Å². The fraction of sp³-hybridized carbons (Fsp3) is 0.562. The number of carbonyl (C=O) groups excluding carboxylic acids is 1. The Morgan fingerprint density at radius 1 is 1.46 bits per heavy atom. The van der Waals surface area contributed by atoms with Crippen LogP contribution in [0.25, 0.3) is 0 Å². The molecule has 8 heteroatoms. The van der Waals surface area contributed by atoms with E-state index in [1.807, 2.05) is 0 Å². The standard InChI is InChI=1S/C16H24ClN3O2.2ClH/c1-11-4-3-6-20(10-11)7-5-19-16(21)12-8-13(17)14(18)9-15(12)22-2;;/h8-9,11H,3-7,10,18H2,1-2H3,(H,19,21);2*1H. The van der Waals surface area contributed by atoms with E-state index in [9.17, 15) is 4.79 Å². The molecule has 0 radical (unpaired) electrons. The predicted octanol–water partition coefficient (Wildman–Crippen LogP) is 3.24. The third kappa shape index (κ3) is 6.20. The molecule has 1 saturated heterocycles. The Hall–Kier alpha value is -0.880. The SMILES string of the molecule is COc1cc(N)c(Cl)cc1C(=O)NCCN1CCCC(C)C1.Cl.Cl. The molecule has 1 aromatic carbocycles. The van der Waals surface area contributed by atoms with Crippen molar-refractivity contribution < 1.29 is 9.53 Å². The van der Waals surface area contributed by atoms with Crippen molar-refractivity contribution in [3.8, 4) is 5.75 Å². The van der Waals surface area contributed by atoms with Gasteiger partial charge in [-0.3, -0.25) is 4.79 Å². The highest BCUT2D eigenvalue weighted by Gasteiger charge is 2.17. The van der Waals surface area contributed by atoms with E-state index in [1.165, 1.54) is 20.0 Å². The second-order valence-corrected chi connectivity index (χ2v) is 6.29. The van der Waals surface area contributed by atoms with Crippen LogP contribution in [0.4, 0.5) is 5.69 Å². The summed E-state index contributed by atoms with van der Waals surface area (Å²) < 4.78 is 5.20. The van der Waals surface area contributed by atoms with Crippen molar-refractivity contribution in [3.63, 3.8) is 0 Å². The molecule has 3 N–H and O–H groups in total. The molecule has 1 aromatic rings. The summed E-state index contributed by atoms with van der Waals surface area (Å²) in [6.45, 7) is 5.95. The summed E-state index contributed by atoms with van der Waals surface area (Å²) in [5.41, 5.74) is 6.54. The predicted molar refractivity (Wildman–Crippen MR) is 104 cm³/mol. The molecule has 0 spiro atoms. The Morgan fingerprint density at radius 2 is 2.17 bits per heavy atom. The molecule has 1 unspecified atom stereocenters. The number of carbonyl (C=O) groups is 1. The van der Waals surface area contributed by atoms with Gasteiger partial charge in [0.25, 0.3) is 5.91 Å². The number of likely N-dealkylation sites (tertiary alicyclic amines) is 1. The average Bonchev–Trinajstić information content (AvgIpc) is 2.49. The fourth-order valence-electron chi connectivity index (χ4n) is 2.83. The van der Waals surface area contributed by atoms with Crippen molar-refractivity contribution in [2.24, 2.45) is 5.92 Å². The van der Waals surface area contributed by atoms with Crippen molar-refractivity contribution >= 4 is 48.0 Å². The summed E-state index contributed by atoms with van der Waals surface area (Å²) >= 11 is 5.99. The van der Waals surface area contributed by atoms with Gasteiger partial charge in [0.2, 0.25) is 0 Å². The van der Waals surface area contributed by atoms with Crippen LogP contribution < -0.4 is 15.8 Å². The first kappa shape index (κ1) is 23.1. The maximum Gasteiger partial charge on any atom is 0.255 e. The van der Waals surface area contributed by atoms with Crippen LogP contribution in [0.15, 0.2) is 12.1 Å². The van der Waals surface area contributed by atoms with Crippen LogP contribution in [-0.2, 0) is 0 Å². The number of nitrogens with one attached hydrogen (secondary N) is 1. The highest BCUT2D eigenvalue weighted by atomic mass is 35.5. The second-order valence-electron chi connectivity index (χ2n) is 5.88. The molecule has 2 rings (SSSR count). The van der Waals surface area contributed by atoms with Gasteiger partial charge in [0.05, 0.1) is 23.4 Å². The highest BCUT2D eigenvalue weighted by Crippen LogP contribution is 2.28. The number of benzene rings is 1. The molecule has 1 aliphatic heterocycles. The molecule has 0 aromatic heterocycles. The molecule has 1 fully saturated rings. The summed E-state index contributed by atoms with van der Waals surface area (Å²) in [5, 5.41) is 3.28. The van der Waals surface area contributed by atoms with Gasteiger partial charge in [0.1, 0.15) is 5.75 Å². The molecule has 0 bridgehead atoms. The number of nitrogens with two attached hydrogens (primary N) is 1. The van der Waals surface area contributed by atoms with E-state index in [1.54, 1.807) is 12.1 Å². The number of nitrogens with zero attached hydrogens (tertiary/aromatic N) is 1. The third-order valence-corrected chi connectivity index (χ3v) is 4.35. The molecule has 1 heterocycles. The minimum Gasteiger partial charge on any atom is -0.496 e. The molecule has 5 nitrogen and oxygen atoms in total. The zero-order valence-corrected chi connectivity index (χ0v) is 16.4. The summed E-state index contributed by atoms with van der Waals surface area (Å²) in [7, 11) is 1.51. The molecule has 24 heavy (non-hydrogen) atoms. The Morgan fingerprint density at radius 3 is 2.79 bits per heavy atom. The first-order valence-corrected chi connectivity index (χ1v) is 8.02. The van der Waals surface area contributed by atoms with E-state index in [0.717, 1.165) is 25.6 Å². The molecular weight excluding hydrogens is 373 g/mol. The minimum absolute atomic E-state index is 0. The summed E-state index contributed by atoms with van der Waals surface area (Å²) in [4.78, 5) is 14.7. The van der Waals surface area contributed by atoms with Gasteiger partial charge < -0.3 is 20.7 Å². The number of piperidine rings is 1. The summed E-state index contributed by atoms with van der Waals surface area (Å²) in [5.74, 6) is 0.982. The van der Waals surface area contributed by atoms with Crippen molar-refractivity contribution in [1.29, 1.82) is 0 Å². The van der Waals surface area contributed by atoms with Gasteiger partial charge in [-0.15, -0.1) is 24.8 Å². The van der Waals surface area contributed by atoms with Gasteiger partial charge >= 0.3 is 0 Å². The van der Waals surface area contributed by atoms with Crippen LogP contribution in [0.5, 0.6) is 5.75 Å². The lowest BCUT2D eigenvalue weighted by molar-refractivity contribution is 0.0941. The van der Waals surface area contributed by atoms with Crippen molar-refractivity contribution in [2.75, 3.05) is 39.0 Å². The average molecular weight is 399 g/mol. The first-order valence-electron chi connectivity index (χ1n) is 7.64. The van der Waals surface area contributed by atoms with Gasteiger partial charge in [-0.1, -0.05) is 18.5 Å². The van der Waals surface area contributed by atoms with E-state index >= 15 is 0 Å². The van der Waals surface area contributed by atoms with E-state index < -0.39 is 0 Å². The monoisotopic (exact) mass is 397 g/mol. The maximum absolute atomic E-state index is 12.3. The molecule has 1 atom stereocenters. The Kier molecular flexibility index (Phi) is 10.5. The van der Waals surface area contributed by atoms with E-state index in [0.29, 0.717) is 28.6 Å². The van der Waals surface area contributed by atoms with Crippen molar-refractivity contribution in [1.82, 2.24) is 10.2 Å². The number of hydrogen-bond donors (Lipinski definition) is 2. The Balaban J connectivity index is 0.00000264. The zero-order chi connectivity index (χ0) is 16.1. The largest absolute Gasteiger partial charge is 0.496 e. The number of halogens is 3. The van der Waals surface area contributed by atoms with Gasteiger partial charge in [0.15, 0.2) is 0 Å². The summed E-state index contributed by atoms with van der Waals surface area (Å²) in [6.07, 6.45) is 2.53. The van der Waals surface area contributed by atoms with Crippen LogP contribution >= 0.6 is 36.4 Å². The molecule has 138 valence electrons. The third-order valence-electron chi connectivity index (χ3n) is 4.02. The van der Waals surface area contributed by atoms with E-state index in [4.69, 9.17) is 22.1 Å². The highest BCUT2D eigenvalue weighted by molar-refractivity contribution is 6.33. The minimum atomic E-state index is -0.191. The lowest BCUT2D eigenvalue weighted by atomic mass is 10.0. The molecule has 1 amide bonds. The van der Waals surface area contributed by atoms with E-state index in [-0.39, 0.29) is 30.7 Å². The molecule has 0 saturated carbocycles. The number of ether oxygens (including phenoxy) is 1. The van der Waals surface area contributed by atoms with Crippen LogP contribution in [0.3, 0.4) is 0 Å². The normalized spacial score (nSPS) is 17.4. The number of amides is 1. The fourth-order valence-corrected chi connectivity index (χ4v) is 2.99. The molecule has 0 aliphatic carbocycles. The second kappa shape index (κ2) is 10.9. The maximum atomic E-state index is 12.3. The number of nitrogen functional groups attached to an aromatic ring is 1. The number of methoxy groups -OCH3 is 1. The number of rotatable bonds is 5. The Bertz CT molecular complexity index is 544. The van der Waals surface area contributed by atoms with Gasteiger partial charge in [-0.25, -0.2) is 0 Å². The summed E-state index contributed by atoms with van der Waals surface area (Å²) in [6, 6.07) is 3.12. The topological polar surface area (TPSA) is 67.6 Å². The Labute approximate surface area is 161 Å². The van der Waals surface area contributed by atoms with Crippen molar-refractivity contribution in [3.05, 3.63) is 22.7 Å². The van der Waals surface area contributed by atoms with Crippen molar-refractivity contribution in [2.45, 2.75) is 19.8 Å². The first-order chi connectivity index (χ1) is 10.5. The van der Waals surface area contributed by atoms with Crippen LogP contribution in [-0.4, -0.2) is 44.1 Å². The molecule has 1 aliphatic rings. The number of anilines is 1. The number of hydrogen-bond acceptors (Lipinski definition) is 4.